The zero-order valence-electron chi connectivity index (χ0n) is 18.0. The second-order valence-corrected chi connectivity index (χ2v) is 7.75. The van der Waals surface area contributed by atoms with Crippen LogP contribution < -0.4 is 15.4 Å². The zero-order chi connectivity index (χ0) is 22.2. The van der Waals surface area contributed by atoms with Crippen LogP contribution in [0, 0.1) is 0 Å². The van der Waals surface area contributed by atoms with Crippen LogP contribution in [0.15, 0.2) is 60.7 Å². The van der Waals surface area contributed by atoms with Crippen molar-refractivity contribution in [2.24, 2.45) is 0 Å². The third-order valence-corrected chi connectivity index (χ3v) is 5.44. The number of carbonyl (C=O) groups excluding carboxylic acids is 2. The highest BCUT2D eigenvalue weighted by Gasteiger charge is 2.19. The fraction of sp³-hybridized carbons (Fsp3) is 0.320. The summed E-state index contributed by atoms with van der Waals surface area (Å²) in [5, 5.41) is 7.05. The Kier molecular flexibility index (Phi) is 7.17. The zero-order valence-corrected chi connectivity index (χ0v) is 18.0. The number of pyridine rings is 1. The number of hydrogen-bond donors (Lipinski definition) is 2. The summed E-state index contributed by atoms with van der Waals surface area (Å²) in [5.74, 6) is 1.51. The Labute approximate surface area is 187 Å². The van der Waals surface area contributed by atoms with Crippen molar-refractivity contribution < 1.29 is 14.3 Å². The minimum absolute atomic E-state index is 0.161. The molecule has 2 amide bonds. The van der Waals surface area contributed by atoms with Crippen molar-refractivity contribution in [3.8, 4) is 5.75 Å². The van der Waals surface area contributed by atoms with Crippen molar-refractivity contribution in [2.45, 2.75) is 19.3 Å². The maximum absolute atomic E-state index is 12.9. The lowest BCUT2D eigenvalue weighted by atomic mass is 10.1. The van der Waals surface area contributed by atoms with E-state index >= 15 is 0 Å². The van der Waals surface area contributed by atoms with Crippen LogP contribution in [0.1, 0.15) is 29.6 Å². The van der Waals surface area contributed by atoms with Gasteiger partial charge in [0.25, 0.3) is 5.91 Å². The predicted octanol–water partition coefficient (Wildman–Crippen LogP) is 3.47. The molecule has 7 heteroatoms. The van der Waals surface area contributed by atoms with E-state index in [4.69, 9.17) is 4.74 Å². The van der Waals surface area contributed by atoms with Crippen LogP contribution in [0.3, 0.4) is 0 Å². The topological polar surface area (TPSA) is 83.6 Å². The molecule has 1 aliphatic heterocycles. The number of amides is 2. The Balaban J connectivity index is 1.35. The van der Waals surface area contributed by atoms with Gasteiger partial charge in [-0.25, -0.2) is 4.98 Å². The Morgan fingerprint density at radius 2 is 1.88 bits per heavy atom. The Morgan fingerprint density at radius 1 is 1.06 bits per heavy atom. The summed E-state index contributed by atoms with van der Waals surface area (Å²) >= 11 is 0. The molecule has 2 aromatic carbocycles. The molecule has 0 bridgehead atoms. The standard InChI is InChI=1S/C25H28N4O3/c30-24-12-6-15-29(24)16-7-13-26-23-18-21(20-10-4-5-11-22(20)28-23)25(31)27-14-17-32-19-8-2-1-3-9-19/h1-5,8-11,18H,6-7,12-17H2,(H,26,28)(H,27,31). The van der Waals surface area contributed by atoms with Gasteiger partial charge in [-0.1, -0.05) is 36.4 Å². The van der Waals surface area contributed by atoms with Crippen LogP contribution in [-0.2, 0) is 4.79 Å². The second-order valence-electron chi connectivity index (χ2n) is 7.75. The van der Waals surface area contributed by atoms with Gasteiger partial charge in [0.05, 0.1) is 17.6 Å². The van der Waals surface area contributed by atoms with Crippen LogP contribution in [0.4, 0.5) is 5.82 Å². The van der Waals surface area contributed by atoms with Gasteiger partial charge in [-0.15, -0.1) is 0 Å². The van der Waals surface area contributed by atoms with Crippen LogP contribution in [0.25, 0.3) is 10.9 Å². The molecule has 0 atom stereocenters. The van der Waals surface area contributed by atoms with Crippen molar-refractivity contribution in [3.63, 3.8) is 0 Å². The van der Waals surface area contributed by atoms with Crippen molar-refractivity contribution in [3.05, 3.63) is 66.2 Å². The fourth-order valence-corrected chi connectivity index (χ4v) is 3.83. The summed E-state index contributed by atoms with van der Waals surface area (Å²) in [6.45, 7) is 3.07. The molecule has 32 heavy (non-hydrogen) atoms. The van der Waals surface area contributed by atoms with E-state index in [-0.39, 0.29) is 11.8 Å². The molecule has 0 radical (unpaired) electrons. The number of carbonyl (C=O) groups is 2. The average molecular weight is 433 g/mol. The lowest BCUT2D eigenvalue weighted by Gasteiger charge is -2.16. The summed E-state index contributed by atoms with van der Waals surface area (Å²) in [7, 11) is 0. The molecule has 2 heterocycles. The molecular formula is C25H28N4O3. The summed E-state index contributed by atoms with van der Waals surface area (Å²) in [4.78, 5) is 31.2. The minimum Gasteiger partial charge on any atom is -0.492 e. The lowest BCUT2D eigenvalue weighted by Crippen LogP contribution is -2.28. The molecule has 0 aliphatic carbocycles. The molecule has 1 aliphatic rings. The second kappa shape index (κ2) is 10.6. The van der Waals surface area contributed by atoms with Crippen molar-refractivity contribution in [2.75, 3.05) is 38.1 Å². The maximum Gasteiger partial charge on any atom is 0.252 e. The van der Waals surface area contributed by atoms with Crippen LogP contribution in [0.5, 0.6) is 5.75 Å². The number of fused-ring (bicyclic) bond motifs is 1. The molecule has 166 valence electrons. The first-order valence-corrected chi connectivity index (χ1v) is 11.1. The third kappa shape index (κ3) is 5.55. The normalized spacial score (nSPS) is 13.4. The van der Waals surface area contributed by atoms with Gasteiger partial charge in [-0.3, -0.25) is 9.59 Å². The monoisotopic (exact) mass is 432 g/mol. The molecule has 0 unspecified atom stereocenters. The highest BCUT2D eigenvalue weighted by atomic mass is 16.5. The summed E-state index contributed by atoms with van der Waals surface area (Å²) in [6.07, 6.45) is 2.44. The van der Waals surface area contributed by atoms with E-state index in [0.29, 0.717) is 37.5 Å². The van der Waals surface area contributed by atoms with E-state index in [0.717, 1.165) is 42.6 Å². The van der Waals surface area contributed by atoms with E-state index in [2.05, 4.69) is 15.6 Å². The summed E-state index contributed by atoms with van der Waals surface area (Å²) in [6, 6.07) is 18.9. The SMILES string of the molecule is O=C(NCCOc1ccccc1)c1cc(NCCCN2CCCC2=O)nc2ccccc12. The average Bonchev–Trinajstić information content (AvgIpc) is 3.24. The quantitative estimate of drug-likeness (QED) is 0.480. The number of aromatic nitrogens is 1. The van der Waals surface area contributed by atoms with Crippen LogP contribution in [-0.4, -0.2) is 54.5 Å². The molecule has 0 saturated carbocycles. The number of para-hydroxylation sites is 2. The molecule has 4 rings (SSSR count). The fourth-order valence-electron chi connectivity index (χ4n) is 3.83. The van der Waals surface area contributed by atoms with E-state index in [1.807, 2.05) is 59.5 Å². The van der Waals surface area contributed by atoms with Gasteiger partial charge in [0.1, 0.15) is 18.2 Å². The molecule has 0 spiro atoms. The van der Waals surface area contributed by atoms with E-state index in [9.17, 15) is 9.59 Å². The highest BCUT2D eigenvalue weighted by Crippen LogP contribution is 2.21. The maximum atomic E-state index is 12.9. The number of likely N-dealkylation sites (tertiary alicyclic amines) is 1. The minimum atomic E-state index is -0.161. The number of nitrogens with zero attached hydrogens (tertiary/aromatic N) is 2. The van der Waals surface area contributed by atoms with Gasteiger partial charge >= 0.3 is 0 Å². The Hall–Kier alpha value is -3.61. The molecule has 7 nitrogen and oxygen atoms in total. The number of ether oxygens (including phenoxy) is 1. The van der Waals surface area contributed by atoms with Crippen LogP contribution >= 0.6 is 0 Å². The highest BCUT2D eigenvalue weighted by molar-refractivity contribution is 6.07. The van der Waals surface area contributed by atoms with Gasteiger partial charge in [0.2, 0.25) is 5.91 Å². The van der Waals surface area contributed by atoms with Crippen molar-refractivity contribution in [1.82, 2.24) is 15.2 Å². The summed E-state index contributed by atoms with van der Waals surface area (Å²) in [5.41, 5.74) is 1.34. The number of rotatable bonds is 10. The number of anilines is 1. The van der Waals surface area contributed by atoms with E-state index in [1.54, 1.807) is 6.07 Å². The molecular weight excluding hydrogens is 404 g/mol. The Morgan fingerprint density at radius 3 is 2.69 bits per heavy atom. The molecule has 2 N–H and O–H groups in total. The summed E-state index contributed by atoms with van der Waals surface area (Å²) < 4.78 is 5.65. The van der Waals surface area contributed by atoms with Gasteiger partial charge in [-0.2, -0.15) is 0 Å². The van der Waals surface area contributed by atoms with Gasteiger partial charge in [0, 0.05) is 31.4 Å². The van der Waals surface area contributed by atoms with E-state index < -0.39 is 0 Å². The predicted molar refractivity (Wildman–Crippen MR) is 125 cm³/mol. The third-order valence-electron chi connectivity index (χ3n) is 5.44. The largest absolute Gasteiger partial charge is 0.492 e. The first-order valence-electron chi connectivity index (χ1n) is 11.1. The molecule has 3 aromatic rings. The molecule has 1 fully saturated rings. The molecule has 1 aromatic heterocycles. The first kappa shape index (κ1) is 21.6. The molecule has 1 saturated heterocycles. The lowest BCUT2D eigenvalue weighted by molar-refractivity contribution is -0.127. The first-order chi connectivity index (χ1) is 15.7. The van der Waals surface area contributed by atoms with E-state index in [1.165, 1.54) is 0 Å². The number of hydrogen-bond acceptors (Lipinski definition) is 5. The Bertz CT molecular complexity index is 1070. The smallest absolute Gasteiger partial charge is 0.252 e. The number of benzene rings is 2. The van der Waals surface area contributed by atoms with Gasteiger partial charge in [0.15, 0.2) is 0 Å². The van der Waals surface area contributed by atoms with Crippen molar-refractivity contribution in [1.29, 1.82) is 0 Å². The number of nitrogens with one attached hydrogen (secondary N) is 2. The van der Waals surface area contributed by atoms with Gasteiger partial charge in [-0.05, 0) is 37.1 Å². The van der Waals surface area contributed by atoms with Crippen LogP contribution in [0.2, 0.25) is 0 Å². The van der Waals surface area contributed by atoms with Crippen molar-refractivity contribution >= 4 is 28.5 Å². The van der Waals surface area contributed by atoms with Gasteiger partial charge < -0.3 is 20.3 Å².